The maximum Gasteiger partial charge on any atom is 0.389 e. The van der Waals surface area contributed by atoms with Crippen LogP contribution >= 0.6 is 0 Å². The predicted molar refractivity (Wildman–Crippen MR) is 58.4 cm³/mol. The number of nitrogens with zero attached hydrogens (tertiary/aromatic N) is 2. The Morgan fingerprint density at radius 1 is 1.41 bits per heavy atom. The molecule has 0 radical (unpaired) electrons. The summed E-state index contributed by atoms with van der Waals surface area (Å²) in [5.74, 6) is 0. The Kier molecular flexibility index (Phi) is 5.34. The molecule has 1 aromatic heterocycles. The molecule has 0 aliphatic rings. The van der Waals surface area contributed by atoms with Crippen molar-refractivity contribution in [2.24, 2.45) is 0 Å². The molecule has 0 aromatic carbocycles. The van der Waals surface area contributed by atoms with Crippen molar-refractivity contribution in [2.45, 2.75) is 38.4 Å². The minimum absolute atomic E-state index is 0.102. The van der Waals surface area contributed by atoms with Crippen LogP contribution in [0.3, 0.4) is 0 Å². The van der Waals surface area contributed by atoms with Crippen molar-refractivity contribution in [2.75, 3.05) is 6.54 Å². The van der Waals surface area contributed by atoms with E-state index in [1.54, 1.807) is 12.3 Å². The fourth-order valence-corrected chi connectivity index (χ4v) is 1.61. The molecule has 6 heteroatoms. The van der Waals surface area contributed by atoms with Gasteiger partial charge in [-0.3, -0.25) is 0 Å². The summed E-state index contributed by atoms with van der Waals surface area (Å²) in [5, 5.41) is 3.13. The predicted octanol–water partition coefficient (Wildman–Crippen LogP) is 2.86. The Morgan fingerprint density at radius 2 is 2.18 bits per heavy atom. The van der Waals surface area contributed by atoms with Crippen molar-refractivity contribution >= 4 is 0 Å². The monoisotopic (exact) mass is 247 g/mol. The molecule has 1 aromatic rings. The molecular formula is C11H16F3N3. The van der Waals surface area contributed by atoms with E-state index in [4.69, 9.17) is 0 Å². The second-order valence-corrected chi connectivity index (χ2v) is 3.75. The van der Waals surface area contributed by atoms with Crippen LogP contribution in [0.5, 0.6) is 0 Å². The summed E-state index contributed by atoms with van der Waals surface area (Å²) in [6, 6.07) is 1.59. The van der Waals surface area contributed by atoms with Crippen molar-refractivity contribution in [1.82, 2.24) is 15.3 Å². The Hall–Kier alpha value is -1.17. The van der Waals surface area contributed by atoms with Gasteiger partial charge in [0.25, 0.3) is 0 Å². The highest BCUT2D eigenvalue weighted by atomic mass is 19.4. The lowest BCUT2D eigenvalue weighted by Gasteiger charge is -2.17. The Balaban J connectivity index is 2.50. The van der Waals surface area contributed by atoms with Gasteiger partial charge in [-0.2, -0.15) is 13.2 Å². The summed E-state index contributed by atoms with van der Waals surface area (Å²) in [4.78, 5) is 7.85. The molecule has 0 fully saturated rings. The van der Waals surface area contributed by atoms with E-state index in [1.165, 1.54) is 6.33 Å². The first-order valence-electron chi connectivity index (χ1n) is 5.59. The fourth-order valence-electron chi connectivity index (χ4n) is 1.61. The molecule has 17 heavy (non-hydrogen) atoms. The van der Waals surface area contributed by atoms with E-state index in [1.807, 2.05) is 6.92 Å². The molecule has 1 rings (SSSR count). The highest BCUT2D eigenvalue weighted by Gasteiger charge is 2.26. The van der Waals surface area contributed by atoms with E-state index < -0.39 is 12.6 Å². The zero-order valence-electron chi connectivity index (χ0n) is 9.67. The molecule has 96 valence electrons. The van der Waals surface area contributed by atoms with Crippen LogP contribution in [0.4, 0.5) is 13.2 Å². The molecule has 0 aliphatic heterocycles. The van der Waals surface area contributed by atoms with Crippen molar-refractivity contribution in [1.29, 1.82) is 0 Å². The first kappa shape index (κ1) is 13.9. The van der Waals surface area contributed by atoms with Crippen molar-refractivity contribution in [3.8, 4) is 0 Å². The van der Waals surface area contributed by atoms with Gasteiger partial charge in [-0.15, -0.1) is 0 Å². The van der Waals surface area contributed by atoms with Crippen molar-refractivity contribution in [3.05, 3.63) is 24.3 Å². The van der Waals surface area contributed by atoms with Crippen LogP contribution in [0, 0.1) is 0 Å². The van der Waals surface area contributed by atoms with E-state index in [0.717, 1.165) is 5.69 Å². The van der Waals surface area contributed by atoms with Gasteiger partial charge in [-0.1, -0.05) is 6.92 Å². The SMILES string of the molecule is CCNC(CCCC(F)(F)F)c1ccncn1. The number of alkyl halides is 3. The van der Waals surface area contributed by atoms with Crippen molar-refractivity contribution in [3.63, 3.8) is 0 Å². The molecule has 3 nitrogen and oxygen atoms in total. The molecule has 1 unspecified atom stereocenters. The second kappa shape index (κ2) is 6.54. The number of rotatable bonds is 6. The zero-order chi connectivity index (χ0) is 12.7. The van der Waals surface area contributed by atoms with Crippen LogP contribution in [-0.4, -0.2) is 22.7 Å². The average molecular weight is 247 g/mol. The average Bonchev–Trinajstić information content (AvgIpc) is 2.27. The number of hydrogen-bond donors (Lipinski definition) is 1. The lowest BCUT2D eigenvalue weighted by molar-refractivity contribution is -0.135. The van der Waals surface area contributed by atoms with Crippen LogP contribution in [0.25, 0.3) is 0 Å². The molecule has 0 saturated heterocycles. The molecular weight excluding hydrogens is 231 g/mol. The molecule has 0 amide bonds. The molecule has 0 aliphatic carbocycles. The Labute approximate surface area is 98.5 Å². The number of aromatic nitrogens is 2. The van der Waals surface area contributed by atoms with Gasteiger partial charge in [-0.25, -0.2) is 9.97 Å². The van der Waals surface area contributed by atoms with E-state index in [2.05, 4.69) is 15.3 Å². The maximum absolute atomic E-state index is 12.0. The lowest BCUT2D eigenvalue weighted by atomic mass is 10.1. The maximum atomic E-state index is 12.0. The number of nitrogens with one attached hydrogen (secondary N) is 1. The van der Waals surface area contributed by atoms with Crippen LogP contribution < -0.4 is 5.32 Å². The normalized spacial score (nSPS) is 13.6. The van der Waals surface area contributed by atoms with Gasteiger partial charge in [-0.05, 0) is 25.5 Å². The fraction of sp³-hybridized carbons (Fsp3) is 0.636. The number of halogens is 3. The first-order valence-corrected chi connectivity index (χ1v) is 5.59. The standard InChI is InChI=1S/C11H16F3N3/c1-2-16-9(4-3-6-11(12,13)14)10-5-7-15-8-17-10/h5,7-9,16H,2-4,6H2,1H3. The van der Waals surface area contributed by atoms with Crippen LogP contribution in [0.1, 0.15) is 37.9 Å². The van der Waals surface area contributed by atoms with Gasteiger partial charge in [0, 0.05) is 18.7 Å². The highest BCUT2D eigenvalue weighted by Crippen LogP contribution is 2.25. The Bertz CT molecular complexity index is 313. The van der Waals surface area contributed by atoms with Gasteiger partial charge in [0.05, 0.1) is 5.69 Å². The third-order valence-corrected chi connectivity index (χ3v) is 2.37. The van der Waals surface area contributed by atoms with Gasteiger partial charge >= 0.3 is 6.18 Å². The van der Waals surface area contributed by atoms with E-state index in [9.17, 15) is 13.2 Å². The van der Waals surface area contributed by atoms with Gasteiger partial charge < -0.3 is 5.32 Å². The molecule has 0 saturated carbocycles. The molecule has 0 spiro atoms. The van der Waals surface area contributed by atoms with Gasteiger partial charge in [0.1, 0.15) is 6.33 Å². The van der Waals surface area contributed by atoms with E-state index >= 15 is 0 Å². The summed E-state index contributed by atoms with van der Waals surface area (Å²) in [6.45, 7) is 2.61. The first-order chi connectivity index (χ1) is 8.03. The number of hydrogen-bond acceptors (Lipinski definition) is 3. The topological polar surface area (TPSA) is 37.8 Å². The Morgan fingerprint density at radius 3 is 2.71 bits per heavy atom. The zero-order valence-corrected chi connectivity index (χ0v) is 9.67. The minimum atomic E-state index is -4.08. The molecule has 1 heterocycles. The van der Waals surface area contributed by atoms with Crippen LogP contribution in [0.2, 0.25) is 0 Å². The summed E-state index contributed by atoms with van der Waals surface area (Å²) < 4.78 is 36.1. The summed E-state index contributed by atoms with van der Waals surface area (Å²) in [7, 11) is 0. The van der Waals surface area contributed by atoms with E-state index in [-0.39, 0.29) is 12.5 Å². The smallest absolute Gasteiger partial charge is 0.309 e. The van der Waals surface area contributed by atoms with Gasteiger partial charge in [0.2, 0.25) is 0 Å². The van der Waals surface area contributed by atoms with Gasteiger partial charge in [0.15, 0.2) is 0 Å². The summed E-state index contributed by atoms with van der Waals surface area (Å²) in [6.07, 6.45) is -1.31. The third-order valence-electron chi connectivity index (χ3n) is 2.37. The van der Waals surface area contributed by atoms with Crippen molar-refractivity contribution < 1.29 is 13.2 Å². The second-order valence-electron chi connectivity index (χ2n) is 3.75. The quantitative estimate of drug-likeness (QED) is 0.840. The summed E-state index contributed by atoms with van der Waals surface area (Å²) >= 11 is 0. The lowest BCUT2D eigenvalue weighted by Crippen LogP contribution is -2.22. The van der Waals surface area contributed by atoms with Crippen LogP contribution in [0.15, 0.2) is 18.6 Å². The molecule has 0 bridgehead atoms. The molecule has 1 N–H and O–H groups in total. The molecule has 1 atom stereocenters. The third kappa shape index (κ3) is 5.63. The van der Waals surface area contributed by atoms with E-state index in [0.29, 0.717) is 13.0 Å². The van der Waals surface area contributed by atoms with Crippen LogP contribution in [-0.2, 0) is 0 Å². The highest BCUT2D eigenvalue weighted by molar-refractivity contribution is 5.04. The largest absolute Gasteiger partial charge is 0.389 e. The minimum Gasteiger partial charge on any atom is -0.309 e. The summed E-state index contributed by atoms with van der Waals surface area (Å²) in [5.41, 5.74) is 0.740.